The number of ether oxygens (including phenoxy) is 2. The molecule has 1 aliphatic heterocycles. The maximum Gasteiger partial charge on any atom is 0.338 e. The van der Waals surface area contributed by atoms with E-state index in [2.05, 4.69) is 10.6 Å². The standard InChI is InChI=1S/C25H29N3O4S/c1-16(2)14-32-24(30)22-17(3)28(4)25(33)27-23(22)18-9-8-10-19(13-18)26-21(29)15-31-20-11-6-5-7-12-20/h5-13,16,23H,14-15H2,1-4H3,(H,26,29)(H,27,33). The lowest BCUT2D eigenvalue weighted by Gasteiger charge is -2.35. The summed E-state index contributed by atoms with van der Waals surface area (Å²) in [4.78, 5) is 27.1. The minimum Gasteiger partial charge on any atom is -0.484 e. The fraction of sp³-hybridized carbons (Fsp3) is 0.320. The zero-order chi connectivity index (χ0) is 24.0. The molecule has 1 aliphatic rings. The van der Waals surface area contributed by atoms with Gasteiger partial charge in [0.05, 0.1) is 18.2 Å². The van der Waals surface area contributed by atoms with Gasteiger partial charge in [-0.1, -0.05) is 44.2 Å². The first kappa shape index (κ1) is 24.3. The van der Waals surface area contributed by atoms with E-state index in [1.807, 2.05) is 57.2 Å². The summed E-state index contributed by atoms with van der Waals surface area (Å²) in [5.74, 6) is 0.167. The summed E-state index contributed by atoms with van der Waals surface area (Å²) in [7, 11) is 1.81. The lowest BCUT2D eigenvalue weighted by atomic mass is 9.94. The predicted octanol–water partition coefficient (Wildman–Crippen LogP) is 4.04. The van der Waals surface area contributed by atoms with Gasteiger partial charge in [0, 0.05) is 18.4 Å². The Morgan fingerprint density at radius 3 is 2.58 bits per heavy atom. The van der Waals surface area contributed by atoms with Crippen LogP contribution in [0, 0.1) is 5.92 Å². The molecule has 7 nitrogen and oxygen atoms in total. The average Bonchev–Trinajstić information content (AvgIpc) is 2.80. The smallest absolute Gasteiger partial charge is 0.338 e. The van der Waals surface area contributed by atoms with Gasteiger partial charge in [-0.05, 0) is 54.9 Å². The van der Waals surface area contributed by atoms with E-state index < -0.39 is 12.0 Å². The maximum absolute atomic E-state index is 13.0. The van der Waals surface area contributed by atoms with Gasteiger partial charge in [-0.15, -0.1) is 0 Å². The third kappa shape index (κ3) is 6.32. The molecule has 0 radical (unpaired) electrons. The zero-order valence-corrected chi connectivity index (χ0v) is 20.1. The first-order chi connectivity index (χ1) is 15.8. The van der Waals surface area contributed by atoms with Gasteiger partial charge in [0.25, 0.3) is 5.91 Å². The molecule has 2 aromatic rings. The van der Waals surface area contributed by atoms with Crippen LogP contribution in [0.15, 0.2) is 65.9 Å². The van der Waals surface area contributed by atoms with Crippen LogP contribution in [0.1, 0.15) is 32.4 Å². The van der Waals surface area contributed by atoms with E-state index in [0.29, 0.717) is 28.7 Å². The van der Waals surface area contributed by atoms with Crippen molar-refractivity contribution < 1.29 is 19.1 Å². The van der Waals surface area contributed by atoms with Crippen LogP contribution in [-0.2, 0) is 14.3 Å². The second kappa shape index (κ2) is 11.0. The Kier molecular flexibility index (Phi) is 8.06. The van der Waals surface area contributed by atoms with Gasteiger partial charge in [0.2, 0.25) is 0 Å². The number of anilines is 1. The summed E-state index contributed by atoms with van der Waals surface area (Å²) in [6, 6.07) is 15.9. The van der Waals surface area contributed by atoms with Crippen molar-refractivity contribution in [3.05, 3.63) is 71.4 Å². The second-order valence-electron chi connectivity index (χ2n) is 8.21. The number of allylic oxidation sites excluding steroid dienone is 1. The third-order valence-electron chi connectivity index (χ3n) is 5.14. The molecular weight excluding hydrogens is 438 g/mol. The van der Waals surface area contributed by atoms with E-state index in [1.165, 1.54) is 0 Å². The van der Waals surface area contributed by atoms with Crippen LogP contribution in [0.4, 0.5) is 5.69 Å². The van der Waals surface area contributed by atoms with Crippen molar-refractivity contribution in [3.63, 3.8) is 0 Å². The third-order valence-corrected chi connectivity index (χ3v) is 5.53. The van der Waals surface area contributed by atoms with Gasteiger partial charge in [-0.3, -0.25) is 4.79 Å². The van der Waals surface area contributed by atoms with E-state index >= 15 is 0 Å². The van der Waals surface area contributed by atoms with E-state index in [1.54, 1.807) is 30.1 Å². The van der Waals surface area contributed by atoms with Crippen LogP contribution in [0.2, 0.25) is 0 Å². The molecule has 2 N–H and O–H groups in total. The van der Waals surface area contributed by atoms with Crippen molar-refractivity contribution in [2.24, 2.45) is 5.92 Å². The van der Waals surface area contributed by atoms with Crippen LogP contribution in [0.5, 0.6) is 5.75 Å². The predicted molar refractivity (Wildman–Crippen MR) is 132 cm³/mol. The van der Waals surface area contributed by atoms with E-state index in [9.17, 15) is 9.59 Å². The molecule has 0 spiro atoms. The van der Waals surface area contributed by atoms with Gasteiger partial charge < -0.3 is 25.0 Å². The Balaban J connectivity index is 1.78. The number of amides is 1. The number of nitrogens with one attached hydrogen (secondary N) is 2. The molecule has 1 atom stereocenters. The molecule has 3 rings (SSSR count). The average molecular weight is 468 g/mol. The number of carbonyl (C=O) groups excluding carboxylic acids is 2. The second-order valence-corrected chi connectivity index (χ2v) is 8.59. The molecular formula is C25H29N3O4S. The van der Waals surface area contributed by atoms with Gasteiger partial charge in [0.15, 0.2) is 11.7 Å². The topological polar surface area (TPSA) is 79.9 Å². The molecule has 0 aromatic heterocycles. The fourth-order valence-electron chi connectivity index (χ4n) is 3.33. The summed E-state index contributed by atoms with van der Waals surface area (Å²) in [5.41, 5.74) is 2.59. The van der Waals surface area contributed by atoms with Crippen LogP contribution in [0.3, 0.4) is 0 Å². The number of thiocarbonyl (C=S) groups is 1. The van der Waals surface area contributed by atoms with Crippen molar-refractivity contribution in [2.45, 2.75) is 26.8 Å². The number of rotatable bonds is 8. The molecule has 174 valence electrons. The highest BCUT2D eigenvalue weighted by atomic mass is 32.1. The van der Waals surface area contributed by atoms with Crippen molar-refractivity contribution in [3.8, 4) is 5.75 Å². The molecule has 0 saturated carbocycles. The number of benzene rings is 2. The van der Waals surface area contributed by atoms with Crippen LogP contribution in [0.25, 0.3) is 0 Å². The molecule has 8 heteroatoms. The lowest BCUT2D eigenvalue weighted by Crippen LogP contribution is -2.46. The summed E-state index contributed by atoms with van der Waals surface area (Å²) in [6.07, 6.45) is 0. The fourth-order valence-corrected chi connectivity index (χ4v) is 3.58. The van der Waals surface area contributed by atoms with Gasteiger partial charge in [0.1, 0.15) is 5.75 Å². The van der Waals surface area contributed by atoms with Crippen LogP contribution < -0.4 is 15.4 Å². The normalized spacial score (nSPS) is 15.8. The Morgan fingerprint density at radius 1 is 1.15 bits per heavy atom. The Bertz CT molecular complexity index is 1050. The molecule has 2 aromatic carbocycles. The minimum absolute atomic E-state index is 0.114. The summed E-state index contributed by atoms with van der Waals surface area (Å²) in [6.45, 7) is 6.03. The largest absolute Gasteiger partial charge is 0.484 e. The molecule has 1 unspecified atom stereocenters. The first-order valence-corrected chi connectivity index (χ1v) is 11.2. The van der Waals surface area contributed by atoms with Gasteiger partial charge in [-0.2, -0.15) is 0 Å². The monoisotopic (exact) mass is 467 g/mol. The number of hydrogen-bond acceptors (Lipinski definition) is 5. The molecule has 1 heterocycles. The molecule has 0 fully saturated rings. The van der Waals surface area contributed by atoms with E-state index in [0.717, 1.165) is 11.3 Å². The Morgan fingerprint density at radius 2 is 1.88 bits per heavy atom. The number of hydrogen-bond donors (Lipinski definition) is 2. The quantitative estimate of drug-likeness (QED) is 0.448. The molecule has 0 bridgehead atoms. The van der Waals surface area contributed by atoms with Crippen molar-refractivity contribution in [2.75, 3.05) is 25.6 Å². The highest BCUT2D eigenvalue weighted by Gasteiger charge is 2.33. The minimum atomic E-state index is -0.495. The van der Waals surface area contributed by atoms with Crippen molar-refractivity contribution in [1.82, 2.24) is 10.2 Å². The lowest BCUT2D eigenvalue weighted by molar-refractivity contribution is -0.140. The summed E-state index contributed by atoms with van der Waals surface area (Å²) in [5, 5.41) is 6.56. The van der Waals surface area contributed by atoms with Crippen molar-refractivity contribution in [1.29, 1.82) is 0 Å². The highest BCUT2D eigenvalue weighted by Crippen LogP contribution is 2.32. The van der Waals surface area contributed by atoms with E-state index in [-0.39, 0.29) is 18.4 Å². The molecule has 0 aliphatic carbocycles. The molecule has 0 saturated heterocycles. The van der Waals surface area contributed by atoms with Gasteiger partial charge in [-0.25, -0.2) is 4.79 Å². The first-order valence-electron chi connectivity index (χ1n) is 10.8. The van der Waals surface area contributed by atoms with Crippen LogP contribution in [-0.4, -0.2) is 42.2 Å². The number of nitrogens with zero attached hydrogens (tertiary/aromatic N) is 1. The van der Waals surface area contributed by atoms with Crippen LogP contribution >= 0.6 is 12.2 Å². The van der Waals surface area contributed by atoms with Gasteiger partial charge >= 0.3 is 5.97 Å². The van der Waals surface area contributed by atoms with E-state index in [4.69, 9.17) is 21.7 Å². The zero-order valence-electron chi connectivity index (χ0n) is 19.3. The summed E-state index contributed by atoms with van der Waals surface area (Å²) >= 11 is 5.45. The Labute approximate surface area is 199 Å². The Hall–Kier alpha value is -3.39. The summed E-state index contributed by atoms with van der Waals surface area (Å²) < 4.78 is 11.0. The number of carbonyl (C=O) groups is 2. The molecule has 33 heavy (non-hydrogen) atoms. The highest BCUT2D eigenvalue weighted by molar-refractivity contribution is 7.80. The number of esters is 1. The SMILES string of the molecule is CC1=C(C(=O)OCC(C)C)C(c2cccc(NC(=O)COc3ccccc3)c2)NC(=S)N1C. The molecule has 1 amide bonds. The van der Waals surface area contributed by atoms with Crippen molar-refractivity contribution >= 4 is 34.9 Å². The maximum atomic E-state index is 13.0. The number of para-hydroxylation sites is 1.